The summed E-state index contributed by atoms with van der Waals surface area (Å²) in [5, 5.41) is 4.16. The number of Topliss-reactive ketones (excluding diaryl/α,β-unsaturated/α-hetero) is 1. The van der Waals surface area contributed by atoms with E-state index in [4.69, 9.17) is 11.6 Å². The Morgan fingerprint density at radius 3 is 2.65 bits per heavy atom. The van der Waals surface area contributed by atoms with Crippen LogP contribution in [0.1, 0.15) is 49.4 Å². The van der Waals surface area contributed by atoms with Crippen molar-refractivity contribution in [3.8, 4) is 0 Å². The maximum Gasteiger partial charge on any atom is 0.159 e. The molecule has 0 aromatic heterocycles. The van der Waals surface area contributed by atoms with E-state index in [1.165, 1.54) is 32.1 Å². The zero-order valence-corrected chi connectivity index (χ0v) is 10.9. The van der Waals surface area contributed by atoms with Crippen LogP contribution in [0.4, 0.5) is 5.69 Å². The molecule has 0 unspecified atom stereocenters. The second-order valence-electron chi connectivity index (χ2n) is 4.73. The molecule has 1 aromatic carbocycles. The number of anilines is 1. The van der Waals surface area contributed by atoms with Crippen LogP contribution < -0.4 is 5.32 Å². The molecule has 1 saturated carbocycles. The number of carbonyl (C=O) groups excluding carboxylic acids is 1. The van der Waals surface area contributed by atoms with Crippen molar-refractivity contribution in [3.05, 3.63) is 28.8 Å². The standard InChI is InChI=1S/C14H18ClNO/c1-10(17)11-7-8-13(15)14(9-11)16-12-5-3-2-4-6-12/h7-9,12,16H,2-6H2,1H3. The third-order valence-electron chi connectivity index (χ3n) is 3.34. The number of hydrogen-bond donors (Lipinski definition) is 1. The van der Waals surface area contributed by atoms with Gasteiger partial charge in [0.05, 0.1) is 10.7 Å². The largest absolute Gasteiger partial charge is 0.381 e. The van der Waals surface area contributed by atoms with Crippen LogP contribution in [0.5, 0.6) is 0 Å². The zero-order valence-electron chi connectivity index (χ0n) is 10.1. The van der Waals surface area contributed by atoms with Gasteiger partial charge < -0.3 is 5.32 Å². The summed E-state index contributed by atoms with van der Waals surface area (Å²) in [5.74, 6) is 0.0772. The molecule has 3 heteroatoms. The molecule has 17 heavy (non-hydrogen) atoms. The van der Waals surface area contributed by atoms with Gasteiger partial charge in [-0.1, -0.05) is 30.9 Å². The quantitative estimate of drug-likeness (QED) is 0.812. The highest BCUT2D eigenvalue weighted by atomic mass is 35.5. The minimum atomic E-state index is 0.0772. The number of hydrogen-bond acceptors (Lipinski definition) is 2. The van der Waals surface area contributed by atoms with Crippen molar-refractivity contribution in [2.45, 2.75) is 45.1 Å². The molecule has 0 amide bonds. The lowest BCUT2D eigenvalue weighted by molar-refractivity contribution is 0.101. The molecule has 1 aromatic rings. The molecule has 0 bridgehead atoms. The highest BCUT2D eigenvalue weighted by Crippen LogP contribution is 2.27. The fraction of sp³-hybridized carbons (Fsp3) is 0.500. The third-order valence-corrected chi connectivity index (χ3v) is 3.67. The number of carbonyl (C=O) groups is 1. The van der Waals surface area contributed by atoms with Gasteiger partial charge in [-0.2, -0.15) is 0 Å². The Balaban J connectivity index is 2.13. The maximum atomic E-state index is 11.3. The molecule has 2 nitrogen and oxygen atoms in total. The molecule has 1 N–H and O–H groups in total. The van der Waals surface area contributed by atoms with Gasteiger partial charge in [0, 0.05) is 11.6 Å². The van der Waals surface area contributed by atoms with Crippen LogP contribution in [0.25, 0.3) is 0 Å². The Hall–Kier alpha value is -1.02. The molecule has 0 saturated heterocycles. The van der Waals surface area contributed by atoms with Gasteiger partial charge in [-0.25, -0.2) is 0 Å². The van der Waals surface area contributed by atoms with Crippen LogP contribution in [0, 0.1) is 0 Å². The summed E-state index contributed by atoms with van der Waals surface area (Å²) in [6.07, 6.45) is 6.28. The number of benzene rings is 1. The van der Waals surface area contributed by atoms with Gasteiger partial charge in [0.2, 0.25) is 0 Å². The summed E-state index contributed by atoms with van der Waals surface area (Å²) in [4.78, 5) is 11.3. The molecule has 1 fully saturated rings. The zero-order chi connectivity index (χ0) is 12.3. The topological polar surface area (TPSA) is 29.1 Å². The SMILES string of the molecule is CC(=O)c1ccc(Cl)c(NC2CCCCC2)c1. The van der Waals surface area contributed by atoms with Crippen LogP contribution in [0.15, 0.2) is 18.2 Å². The van der Waals surface area contributed by atoms with E-state index >= 15 is 0 Å². The van der Waals surface area contributed by atoms with Gasteiger partial charge in [-0.15, -0.1) is 0 Å². The van der Waals surface area contributed by atoms with Crippen molar-refractivity contribution in [2.75, 3.05) is 5.32 Å². The molecule has 92 valence electrons. The lowest BCUT2D eigenvalue weighted by atomic mass is 9.95. The van der Waals surface area contributed by atoms with Crippen molar-refractivity contribution in [3.63, 3.8) is 0 Å². The van der Waals surface area contributed by atoms with Crippen molar-refractivity contribution >= 4 is 23.1 Å². The minimum Gasteiger partial charge on any atom is -0.381 e. The van der Waals surface area contributed by atoms with E-state index in [0.717, 1.165) is 5.69 Å². The molecule has 0 heterocycles. The summed E-state index contributed by atoms with van der Waals surface area (Å²) < 4.78 is 0. The molecule has 1 aliphatic rings. The summed E-state index contributed by atoms with van der Waals surface area (Å²) in [6, 6.07) is 5.93. The Morgan fingerprint density at radius 1 is 1.29 bits per heavy atom. The van der Waals surface area contributed by atoms with E-state index in [0.29, 0.717) is 16.6 Å². The summed E-state index contributed by atoms with van der Waals surface area (Å²) in [6.45, 7) is 1.58. The second-order valence-corrected chi connectivity index (χ2v) is 5.14. The van der Waals surface area contributed by atoms with Crippen LogP contribution in [0.2, 0.25) is 5.02 Å². The van der Waals surface area contributed by atoms with Gasteiger partial charge in [-0.05, 0) is 38.0 Å². The summed E-state index contributed by atoms with van der Waals surface area (Å²) in [5.41, 5.74) is 1.61. The van der Waals surface area contributed by atoms with Gasteiger partial charge in [0.25, 0.3) is 0 Å². The Bertz CT molecular complexity index is 411. The van der Waals surface area contributed by atoms with Gasteiger partial charge >= 0.3 is 0 Å². The van der Waals surface area contributed by atoms with Crippen LogP contribution >= 0.6 is 11.6 Å². The van der Waals surface area contributed by atoms with Gasteiger partial charge in [0.15, 0.2) is 5.78 Å². The monoisotopic (exact) mass is 251 g/mol. The van der Waals surface area contributed by atoms with Crippen LogP contribution in [-0.2, 0) is 0 Å². The Labute approximate surface area is 107 Å². The third kappa shape index (κ3) is 3.22. The maximum absolute atomic E-state index is 11.3. The minimum absolute atomic E-state index is 0.0772. The fourth-order valence-corrected chi connectivity index (χ4v) is 2.49. The number of ketones is 1. The normalized spacial score (nSPS) is 16.8. The molecule has 2 rings (SSSR count). The first-order valence-corrected chi connectivity index (χ1v) is 6.61. The molecule has 0 atom stereocenters. The average Bonchev–Trinajstić information content (AvgIpc) is 2.33. The highest BCUT2D eigenvalue weighted by Gasteiger charge is 2.14. The summed E-state index contributed by atoms with van der Waals surface area (Å²) >= 11 is 6.15. The van der Waals surface area contributed by atoms with E-state index in [9.17, 15) is 4.79 Å². The van der Waals surface area contributed by atoms with Gasteiger partial charge in [-0.3, -0.25) is 4.79 Å². The molecule has 0 aliphatic heterocycles. The lowest BCUT2D eigenvalue weighted by Crippen LogP contribution is -2.22. The Morgan fingerprint density at radius 2 is 2.00 bits per heavy atom. The van der Waals surface area contributed by atoms with Crippen molar-refractivity contribution in [1.82, 2.24) is 0 Å². The number of nitrogens with one attached hydrogen (secondary N) is 1. The lowest BCUT2D eigenvalue weighted by Gasteiger charge is -2.24. The predicted octanol–water partition coefficient (Wildman–Crippen LogP) is 4.29. The fourth-order valence-electron chi connectivity index (χ4n) is 2.32. The summed E-state index contributed by atoms with van der Waals surface area (Å²) in [7, 11) is 0. The van der Waals surface area contributed by atoms with E-state index in [1.807, 2.05) is 6.07 Å². The highest BCUT2D eigenvalue weighted by molar-refractivity contribution is 6.33. The van der Waals surface area contributed by atoms with Crippen LogP contribution in [-0.4, -0.2) is 11.8 Å². The number of halogens is 1. The molecule has 0 spiro atoms. The van der Waals surface area contributed by atoms with Gasteiger partial charge in [0.1, 0.15) is 0 Å². The Kier molecular flexibility index (Phi) is 4.06. The molecular formula is C14H18ClNO. The molecular weight excluding hydrogens is 234 g/mol. The first kappa shape index (κ1) is 12.4. The first-order valence-electron chi connectivity index (χ1n) is 6.24. The average molecular weight is 252 g/mol. The van der Waals surface area contributed by atoms with E-state index in [-0.39, 0.29) is 5.78 Å². The van der Waals surface area contributed by atoms with E-state index in [1.54, 1.807) is 19.1 Å². The van der Waals surface area contributed by atoms with E-state index in [2.05, 4.69) is 5.32 Å². The van der Waals surface area contributed by atoms with Crippen LogP contribution in [0.3, 0.4) is 0 Å². The second kappa shape index (κ2) is 5.54. The molecule has 1 aliphatic carbocycles. The van der Waals surface area contributed by atoms with E-state index < -0.39 is 0 Å². The van der Waals surface area contributed by atoms with Crippen molar-refractivity contribution in [2.24, 2.45) is 0 Å². The van der Waals surface area contributed by atoms with Crippen molar-refractivity contribution in [1.29, 1.82) is 0 Å². The van der Waals surface area contributed by atoms with Crippen molar-refractivity contribution < 1.29 is 4.79 Å². The smallest absolute Gasteiger partial charge is 0.159 e. The predicted molar refractivity (Wildman–Crippen MR) is 72.0 cm³/mol. The first-order chi connectivity index (χ1) is 8.16. The number of rotatable bonds is 3. The molecule has 0 radical (unpaired) electrons.